The van der Waals surface area contributed by atoms with E-state index in [1.807, 2.05) is 31.2 Å². The van der Waals surface area contributed by atoms with Gasteiger partial charge < -0.3 is 4.90 Å². The lowest BCUT2D eigenvalue weighted by atomic mass is 9.93. The number of benzene rings is 1. The average molecular weight is 256 g/mol. The molecule has 1 fully saturated rings. The molecular formula is C16H20N2O. The van der Waals surface area contributed by atoms with E-state index >= 15 is 0 Å². The number of carbonyl (C=O) groups excluding carboxylic acids is 1. The largest absolute Gasteiger partial charge is 0.322 e. The molecule has 1 saturated carbocycles. The van der Waals surface area contributed by atoms with E-state index < -0.39 is 0 Å². The van der Waals surface area contributed by atoms with E-state index in [0.29, 0.717) is 5.56 Å². The molecule has 0 radical (unpaired) electrons. The van der Waals surface area contributed by atoms with E-state index in [2.05, 4.69) is 6.07 Å². The lowest BCUT2D eigenvalue weighted by Crippen LogP contribution is -2.41. The molecule has 0 bridgehead atoms. The molecule has 0 spiro atoms. The summed E-state index contributed by atoms with van der Waals surface area (Å²) in [5.41, 5.74) is 1.77. The predicted octanol–water partition coefficient (Wildman–Crippen LogP) is 3.29. The Morgan fingerprint density at radius 3 is 2.74 bits per heavy atom. The minimum absolute atomic E-state index is 0.00264. The molecule has 0 N–H and O–H groups in total. The van der Waals surface area contributed by atoms with Crippen molar-refractivity contribution in [3.05, 3.63) is 35.4 Å². The molecule has 0 aromatic heterocycles. The van der Waals surface area contributed by atoms with Crippen LogP contribution in [0, 0.1) is 18.3 Å². The maximum Gasteiger partial charge on any atom is 0.254 e. The summed E-state index contributed by atoms with van der Waals surface area (Å²) in [6.07, 6.45) is 5.62. The van der Waals surface area contributed by atoms with E-state index in [9.17, 15) is 4.79 Å². The van der Waals surface area contributed by atoms with Crippen LogP contribution in [0.3, 0.4) is 0 Å². The Morgan fingerprint density at radius 2 is 2.11 bits per heavy atom. The Balaban J connectivity index is 2.18. The van der Waals surface area contributed by atoms with Crippen molar-refractivity contribution in [1.82, 2.24) is 4.90 Å². The molecule has 3 heteroatoms. The maximum atomic E-state index is 12.6. The number of hydrogen-bond acceptors (Lipinski definition) is 2. The number of amides is 1. The molecule has 0 aliphatic heterocycles. The van der Waals surface area contributed by atoms with Crippen molar-refractivity contribution in [3.8, 4) is 6.07 Å². The molecule has 1 aromatic carbocycles. The zero-order valence-corrected chi connectivity index (χ0v) is 11.4. The minimum Gasteiger partial charge on any atom is -0.322 e. The standard InChI is InChI=1S/C16H20N2O/c1-13-6-5-7-14(12-13)16(19)18(11-10-17)15-8-3-2-4-9-15/h5-7,12,15H,2-4,8-9,11H2,1H3. The topological polar surface area (TPSA) is 44.1 Å². The van der Waals surface area contributed by atoms with Crippen LogP contribution >= 0.6 is 0 Å². The van der Waals surface area contributed by atoms with Crippen LogP contribution in [0.4, 0.5) is 0 Å². The summed E-state index contributed by atoms with van der Waals surface area (Å²) in [5.74, 6) is -0.00264. The van der Waals surface area contributed by atoms with Gasteiger partial charge >= 0.3 is 0 Å². The first-order valence-electron chi connectivity index (χ1n) is 6.97. The summed E-state index contributed by atoms with van der Waals surface area (Å²) in [6.45, 7) is 2.17. The molecule has 100 valence electrons. The Hall–Kier alpha value is -1.82. The molecule has 1 amide bonds. The van der Waals surface area contributed by atoms with Gasteiger partial charge in [0.15, 0.2) is 0 Å². The second kappa shape index (κ2) is 6.38. The summed E-state index contributed by atoms with van der Waals surface area (Å²) < 4.78 is 0. The van der Waals surface area contributed by atoms with Gasteiger partial charge in [0.05, 0.1) is 6.07 Å². The summed E-state index contributed by atoms with van der Waals surface area (Å²) in [7, 11) is 0. The Labute approximate surface area is 114 Å². The normalized spacial score (nSPS) is 15.8. The number of carbonyl (C=O) groups is 1. The number of hydrogen-bond donors (Lipinski definition) is 0. The fourth-order valence-electron chi connectivity index (χ4n) is 2.78. The van der Waals surface area contributed by atoms with E-state index in [4.69, 9.17) is 5.26 Å². The van der Waals surface area contributed by atoms with Crippen LogP contribution in [-0.4, -0.2) is 23.4 Å². The number of nitrogens with zero attached hydrogens (tertiary/aromatic N) is 2. The van der Waals surface area contributed by atoms with Crippen molar-refractivity contribution in [1.29, 1.82) is 5.26 Å². The summed E-state index contributed by atoms with van der Waals surface area (Å²) >= 11 is 0. The van der Waals surface area contributed by atoms with E-state index in [1.165, 1.54) is 6.42 Å². The first-order valence-corrected chi connectivity index (χ1v) is 6.97. The first kappa shape index (κ1) is 13.6. The lowest BCUT2D eigenvalue weighted by molar-refractivity contribution is 0.0666. The fraction of sp³-hybridized carbons (Fsp3) is 0.500. The van der Waals surface area contributed by atoms with Gasteiger partial charge in [-0.25, -0.2) is 0 Å². The predicted molar refractivity (Wildman–Crippen MR) is 74.7 cm³/mol. The molecule has 1 aliphatic rings. The van der Waals surface area contributed by atoms with Gasteiger partial charge in [0.2, 0.25) is 0 Å². The fourth-order valence-corrected chi connectivity index (χ4v) is 2.78. The molecule has 2 rings (SSSR count). The minimum atomic E-state index is -0.00264. The van der Waals surface area contributed by atoms with Crippen LogP contribution in [0.5, 0.6) is 0 Å². The van der Waals surface area contributed by atoms with E-state index in [-0.39, 0.29) is 18.5 Å². The van der Waals surface area contributed by atoms with Crippen LogP contribution in [0.1, 0.15) is 48.0 Å². The SMILES string of the molecule is Cc1cccc(C(=O)N(CC#N)C2CCCCC2)c1. The highest BCUT2D eigenvalue weighted by Crippen LogP contribution is 2.24. The average Bonchev–Trinajstić information content (AvgIpc) is 2.45. The molecule has 1 aliphatic carbocycles. The molecule has 0 unspecified atom stereocenters. The number of aryl methyl sites for hydroxylation is 1. The summed E-state index contributed by atoms with van der Waals surface area (Å²) in [4.78, 5) is 14.3. The van der Waals surface area contributed by atoms with Gasteiger partial charge in [-0.2, -0.15) is 5.26 Å². The van der Waals surface area contributed by atoms with Crippen molar-refractivity contribution in [2.75, 3.05) is 6.54 Å². The summed E-state index contributed by atoms with van der Waals surface area (Å²) in [6, 6.07) is 9.98. The van der Waals surface area contributed by atoms with Crippen LogP contribution in [0.2, 0.25) is 0 Å². The highest BCUT2D eigenvalue weighted by Gasteiger charge is 2.25. The van der Waals surface area contributed by atoms with Gasteiger partial charge in [0.25, 0.3) is 5.91 Å². The molecule has 3 nitrogen and oxygen atoms in total. The van der Waals surface area contributed by atoms with Crippen molar-refractivity contribution in [3.63, 3.8) is 0 Å². The lowest BCUT2D eigenvalue weighted by Gasteiger charge is -2.32. The highest BCUT2D eigenvalue weighted by molar-refractivity contribution is 5.94. The van der Waals surface area contributed by atoms with Gasteiger partial charge in [0.1, 0.15) is 6.54 Å². The second-order valence-corrected chi connectivity index (χ2v) is 5.25. The Kier molecular flexibility index (Phi) is 4.57. The third-order valence-electron chi connectivity index (χ3n) is 3.78. The van der Waals surface area contributed by atoms with Crippen molar-refractivity contribution in [2.45, 2.75) is 45.1 Å². The van der Waals surface area contributed by atoms with E-state index in [1.54, 1.807) is 4.90 Å². The quantitative estimate of drug-likeness (QED) is 0.779. The Morgan fingerprint density at radius 1 is 1.37 bits per heavy atom. The monoisotopic (exact) mass is 256 g/mol. The molecular weight excluding hydrogens is 236 g/mol. The van der Waals surface area contributed by atoms with Crippen molar-refractivity contribution < 1.29 is 4.79 Å². The van der Waals surface area contributed by atoms with Gasteiger partial charge in [-0.1, -0.05) is 37.0 Å². The van der Waals surface area contributed by atoms with Crippen LogP contribution in [0.15, 0.2) is 24.3 Å². The van der Waals surface area contributed by atoms with Crippen molar-refractivity contribution >= 4 is 5.91 Å². The highest BCUT2D eigenvalue weighted by atomic mass is 16.2. The molecule has 0 atom stereocenters. The van der Waals surface area contributed by atoms with Crippen LogP contribution in [0.25, 0.3) is 0 Å². The van der Waals surface area contributed by atoms with Gasteiger partial charge in [-0.15, -0.1) is 0 Å². The third-order valence-corrected chi connectivity index (χ3v) is 3.78. The molecule has 19 heavy (non-hydrogen) atoms. The zero-order valence-electron chi connectivity index (χ0n) is 11.4. The van der Waals surface area contributed by atoms with Crippen molar-refractivity contribution in [2.24, 2.45) is 0 Å². The number of rotatable bonds is 3. The molecule has 0 heterocycles. The first-order chi connectivity index (χ1) is 9.22. The van der Waals surface area contributed by atoms with Gasteiger partial charge in [0, 0.05) is 11.6 Å². The second-order valence-electron chi connectivity index (χ2n) is 5.25. The molecule has 0 saturated heterocycles. The Bertz CT molecular complexity index is 484. The van der Waals surface area contributed by atoms with Gasteiger partial charge in [-0.05, 0) is 31.9 Å². The smallest absolute Gasteiger partial charge is 0.254 e. The molecule has 1 aromatic rings. The maximum absolute atomic E-state index is 12.6. The van der Waals surface area contributed by atoms with Gasteiger partial charge in [-0.3, -0.25) is 4.79 Å². The van der Waals surface area contributed by atoms with Crippen LogP contribution < -0.4 is 0 Å². The summed E-state index contributed by atoms with van der Waals surface area (Å²) in [5, 5.41) is 8.97. The zero-order chi connectivity index (χ0) is 13.7. The van der Waals surface area contributed by atoms with Crippen LogP contribution in [-0.2, 0) is 0 Å². The third kappa shape index (κ3) is 3.35. The number of nitriles is 1. The van der Waals surface area contributed by atoms with E-state index in [0.717, 1.165) is 31.2 Å².